The van der Waals surface area contributed by atoms with Crippen LogP contribution >= 0.6 is 0 Å². The number of carboxylic acid groups (broad SMARTS) is 1. The Morgan fingerprint density at radius 3 is 2.63 bits per heavy atom. The number of amides is 1. The van der Waals surface area contributed by atoms with Crippen LogP contribution in [-0.4, -0.2) is 42.0 Å². The number of anilines is 1. The van der Waals surface area contributed by atoms with E-state index in [2.05, 4.69) is 5.32 Å². The van der Waals surface area contributed by atoms with E-state index in [-0.39, 0.29) is 23.7 Å². The normalized spacial score (nSPS) is 10.5. The van der Waals surface area contributed by atoms with E-state index in [0.29, 0.717) is 18.7 Å². The minimum absolute atomic E-state index is 0.109. The first-order valence-corrected chi connectivity index (χ1v) is 6.03. The summed E-state index contributed by atoms with van der Waals surface area (Å²) in [7, 11) is 1.57. The van der Waals surface area contributed by atoms with Crippen molar-refractivity contribution in [2.75, 3.05) is 25.9 Å². The third-order valence-electron chi connectivity index (χ3n) is 2.88. The van der Waals surface area contributed by atoms with Crippen molar-refractivity contribution in [3.8, 4) is 0 Å². The summed E-state index contributed by atoms with van der Waals surface area (Å²) in [6.45, 7) is 3.15. The average Bonchev–Trinajstić information content (AvgIpc) is 2.37. The van der Waals surface area contributed by atoms with Gasteiger partial charge in [0.25, 0.3) is 0 Å². The van der Waals surface area contributed by atoms with Gasteiger partial charge in [0.1, 0.15) is 0 Å². The van der Waals surface area contributed by atoms with Gasteiger partial charge in [-0.2, -0.15) is 0 Å². The minimum Gasteiger partial charge on any atom is -0.478 e. The molecule has 0 saturated carbocycles. The zero-order chi connectivity index (χ0) is 14.4. The first kappa shape index (κ1) is 15.0. The van der Waals surface area contributed by atoms with E-state index < -0.39 is 5.97 Å². The second-order valence-electron chi connectivity index (χ2n) is 4.16. The Bertz CT molecular complexity index is 474. The number of aromatic carboxylic acids is 1. The second-order valence-corrected chi connectivity index (χ2v) is 4.16. The summed E-state index contributed by atoms with van der Waals surface area (Å²) in [4.78, 5) is 24.4. The maximum Gasteiger partial charge on any atom is 0.338 e. The molecular weight excluding hydrogens is 246 g/mol. The van der Waals surface area contributed by atoms with Crippen LogP contribution in [0.5, 0.6) is 0 Å². The van der Waals surface area contributed by atoms with E-state index in [4.69, 9.17) is 5.73 Å². The highest BCUT2D eigenvalue weighted by molar-refractivity contribution is 5.95. The van der Waals surface area contributed by atoms with Gasteiger partial charge >= 0.3 is 5.97 Å². The Labute approximate surface area is 112 Å². The molecular formula is C13H19N3O3. The van der Waals surface area contributed by atoms with Crippen LogP contribution < -0.4 is 11.1 Å². The van der Waals surface area contributed by atoms with Crippen molar-refractivity contribution in [2.45, 2.75) is 13.5 Å². The summed E-state index contributed by atoms with van der Waals surface area (Å²) < 4.78 is 0. The monoisotopic (exact) mass is 265 g/mol. The zero-order valence-corrected chi connectivity index (χ0v) is 11.1. The lowest BCUT2D eigenvalue weighted by Crippen LogP contribution is -2.35. The first-order chi connectivity index (χ1) is 8.99. The molecule has 1 aromatic carbocycles. The summed E-state index contributed by atoms with van der Waals surface area (Å²) in [5, 5.41) is 11.7. The first-order valence-electron chi connectivity index (χ1n) is 6.03. The molecule has 0 atom stereocenters. The second kappa shape index (κ2) is 6.75. The molecule has 6 heteroatoms. The van der Waals surface area contributed by atoms with E-state index in [0.717, 1.165) is 0 Å². The van der Waals surface area contributed by atoms with Crippen molar-refractivity contribution in [1.29, 1.82) is 0 Å². The Hall–Kier alpha value is -2.08. The number of hydrogen-bond acceptors (Lipinski definition) is 4. The van der Waals surface area contributed by atoms with Gasteiger partial charge in [-0.15, -0.1) is 0 Å². The number of carbonyl (C=O) groups is 2. The van der Waals surface area contributed by atoms with Crippen LogP contribution in [0.4, 0.5) is 5.69 Å². The van der Waals surface area contributed by atoms with Crippen LogP contribution in [-0.2, 0) is 11.3 Å². The van der Waals surface area contributed by atoms with Gasteiger partial charge in [-0.05, 0) is 18.2 Å². The van der Waals surface area contributed by atoms with Gasteiger partial charge in [-0.3, -0.25) is 9.69 Å². The summed E-state index contributed by atoms with van der Waals surface area (Å²) in [5.41, 5.74) is 6.64. The van der Waals surface area contributed by atoms with Crippen molar-refractivity contribution in [2.24, 2.45) is 0 Å². The fraction of sp³-hybridized carbons (Fsp3) is 0.385. The molecule has 0 spiro atoms. The number of benzene rings is 1. The number of nitrogens with two attached hydrogens (primary N) is 1. The highest BCUT2D eigenvalue weighted by Crippen LogP contribution is 2.18. The van der Waals surface area contributed by atoms with Crippen molar-refractivity contribution in [3.63, 3.8) is 0 Å². The standard InChI is InChI=1S/C13H19N3O3/c1-3-16(8-11(17)15-2)7-9-5-4-6-10(14)12(9)13(18)19/h4-6H,3,7-8,14H2,1-2H3,(H,15,17)(H,18,19). The maximum atomic E-state index is 11.4. The quantitative estimate of drug-likeness (QED) is 0.652. The number of hydrogen-bond donors (Lipinski definition) is 3. The van der Waals surface area contributed by atoms with Gasteiger partial charge < -0.3 is 16.2 Å². The van der Waals surface area contributed by atoms with Gasteiger partial charge in [0.15, 0.2) is 0 Å². The summed E-state index contributed by atoms with van der Waals surface area (Å²) >= 11 is 0. The molecule has 19 heavy (non-hydrogen) atoms. The average molecular weight is 265 g/mol. The SMILES string of the molecule is CCN(CC(=O)NC)Cc1cccc(N)c1C(=O)O. The van der Waals surface area contributed by atoms with Crippen LogP contribution in [0, 0.1) is 0 Å². The van der Waals surface area contributed by atoms with Gasteiger partial charge in [0.05, 0.1) is 12.1 Å². The summed E-state index contributed by atoms with van der Waals surface area (Å²) in [6.07, 6.45) is 0. The molecule has 4 N–H and O–H groups in total. The van der Waals surface area contributed by atoms with Crippen molar-refractivity contribution in [3.05, 3.63) is 29.3 Å². The van der Waals surface area contributed by atoms with E-state index in [1.54, 1.807) is 25.2 Å². The Balaban J connectivity index is 2.94. The molecule has 104 valence electrons. The maximum absolute atomic E-state index is 11.4. The summed E-state index contributed by atoms with van der Waals surface area (Å²) in [6, 6.07) is 4.99. The number of nitrogens with one attached hydrogen (secondary N) is 1. The molecule has 0 saturated heterocycles. The Morgan fingerprint density at radius 2 is 2.11 bits per heavy atom. The lowest BCUT2D eigenvalue weighted by Gasteiger charge is -2.20. The fourth-order valence-corrected chi connectivity index (χ4v) is 1.82. The lowest BCUT2D eigenvalue weighted by atomic mass is 10.0. The van der Waals surface area contributed by atoms with Crippen molar-refractivity contribution >= 4 is 17.6 Å². The molecule has 0 radical (unpaired) electrons. The van der Waals surface area contributed by atoms with Crippen LogP contribution in [0.1, 0.15) is 22.8 Å². The molecule has 0 fully saturated rings. The number of nitrogen functional groups attached to an aromatic ring is 1. The predicted octanol–water partition coefficient (Wildman–Crippen LogP) is 0.535. The van der Waals surface area contributed by atoms with Gasteiger partial charge in [0, 0.05) is 19.3 Å². The topological polar surface area (TPSA) is 95.7 Å². The number of carbonyl (C=O) groups excluding carboxylic acids is 1. The third kappa shape index (κ3) is 3.96. The molecule has 1 rings (SSSR count). The van der Waals surface area contributed by atoms with Crippen LogP contribution in [0.25, 0.3) is 0 Å². The zero-order valence-electron chi connectivity index (χ0n) is 11.1. The molecule has 6 nitrogen and oxygen atoms in total. The molecule has 0 aliphatic carbocycles. The Kier molecular flexibility index (Phi) is 5.32. The van der Waals surface area contributed by atoms with Gasteiger partial charge in [0.2, 0.25) is 5.91 Å². The number of carboxylic acids is 1. The summed E-state index contributed by atoms with van der Waals surface area (Å²) in [5.74, 6) is -1.16. The number of likely N-dealkylation sites (N-methyl/N-ethyl adjacent to an activating group) is 2. The van der Waals surface area contributed by atoms with E-state index in [1.807, 2.05) is 11.8 Å². The predicted molar refractivity (Wildman–Crippen MR) is 72.8 cm³/mol. The molecule has 1 amide bonds. The minimum atomic E-state index is -1.05. The molecule has 0 heterocycles. The molecule has 0 aliphatic rings. The molecule has 0 aromatic heterocycles. The number of rotatable bonds is 6. The highest BCUT2D eigenvalue weighted by Gasteiger charge is 2.16. The van der Waals surface area contributed by atoms with E-state index >= 15 is 0 Å². The lowest BCUT2D eigenvalue weighted by molar-refractivity contribution is -0.121. The van der Waals surface area contributed by atoms with Gasteiger partial charge in [-0.25, -0.2) is 4.79 Å². The third-order valence-corrected chi connectivity index (χ3v) is 2.88. The largest absolute Gasteiger partial charge is 0.478 e. The molecule has 0 bridgehead atoms. The smallest absolute Gasteiger partial charge is 0.338 e. The van der Waals surface area contributed by atoms with Gasteiger partial charge in [-0.1, -0.05) is 19.1 Å². The Morgan fingerprint density at radius 1 is 1.42 bits per heavy atom. The van der Waals surface area contributed by atoms with E-state index in [1.165, 1.54) is 0 Å². The van der Waals surface area contributed by atoms with Crippen LogP contribution in [0.15, 0.2) is 18.2 Å². The van der Waals surface area contributed by atoms with Crippen molar-refractivity contribution in [1.82, 2.24) is 10.2 Å². The molecule has 0 unspecified atom stereocenters. The molecule has 1 aromatic rings. The fourth-order valence-electron chi connectivity index (χ4n) is 1.82. The molecule has 0 aliphatic heterocycles. The number of nitrogens with zero attached hydrogens (tertiary/aromatic N) is 1. The van der Waals surface area contributed by atoms with Crippen molar-refractivity contribution < 1.29 is 14.7 Å². The highest BCUT2D eigenvalue weighted by atomic mass is 16.4. The van der Waals surface area contributed by atoms with E-state index in [9.17, 15) is 14.7 Å². The van der Waals surface area contributed by atoms with Crippen LogP contribution in [0.3, 0.4) is 0 Å². The van der Waals surface area contributed by atoms with Crippen LogP contribution in [0.2, 0.25) is 0 Å².